The van der Waals surface area contributed by atoms with Crippen LogP contribution in [-0.4, -0.2) is 40.2 Å². The van der Waals surface area contributed by atoms with Gasteiger partial charge in [-0.3, -0.25) is 4.79 Å². The second-order valence-corrected chi connectivity index (χ2v) is 9.00. The molecule has 0 bridgehead atoms. The zero-order valence-electron chi connectivity index (χ0n) is 19.7. The van der Waals surface area contributed by atoms with Gasteiger partial charge in [0.15, 0.2) is 23.4 Å². The third-order valence-electron chi connectivity index (χ3n) is 5.64. The first-order chi connectivity index (χ1) is 17.9. The van der Waals surface area contributed by atoms with E-state index in [4.69, 9.17) is 13.9 Å². The highest BCUT2D eigenvalue weighted by molar-refractivity contribution is 9.10. The Morgan fingerprint density at radius 3 is 2.76 bits per heavy atom. The number of benzene rings is 3. The highest BCUT2D eigenvalue weighted by atomic mass is 79.9. The van der Waals surface area contributed by atoms with Crippen molar-refractivity contribution >= 4 is 50.0 Å². The highest BCUT2D eigenvalue weighted by Gasteiger charge is 2.19. The average molecular weight is 562 g/mol. The molecule has 2 aromatic heterocycles. The molecule has 0 aliphatic carbocycles. The summed E-state index contributed by atoms with van der Waals surface area (Å²) in [6.45, 7) is 1.41. The van der Waals surface area contributed by atoms with Crippen LogP contribution in [0.3, 0.4) is 0 Å². The van der Waals surface area contributed by atoms with Crippen molar-refractivity contribution in [3.8, 4) is 23.1 Å². The van der Waals surface area contributed by atoms with Crippen LogP contribution in [0, 0.1) is 0 Å². The van der Waals surface area contributed by atoms with Gasteiger partial charge in [-0.15, -0.1) is 0 Å². The van der Waals surface area contributed by atoms with Crippen molar-refractivity contribution in [3.63, 3.8) is 0 Å². The number of furan rings is 1. The van der Waals surface area contributed by atoms with Gasteiger partial charge in [0.25, 0.3) is 5.56 Å². The number of carbonyl (C=O) groups is 1. The molecule has 9 nitrogen and oxygen atoms in total. The standard InChI is InChI=1S/C27H20BrN3O6/c1-15(27(33)34)36-24-16(6-5-9-22(24)35-2)14-29-31-25(30-20-8-4-3-7-19(20)26(31)32)23-13-17-12-18(28)10-11-21(17)37-23/h3-15H,1-2H3,(H,33,34)/t15-/m0/s1. The van der Waals surface area contributed by atoms with Gasteiger partial charge in [0.1, 0.15) is 5.58 Å². The maximum absolute atomic E-state index is 13.5. The summed E-state index contributed by atoms with van der Waals surface area (Å²) in [6, 6.07) is 19.4. The van der Waals surface area contributed by atoms with Gasteiger partial charge in [0.2, 0.25) is 5.82 Å². The zero-order valence-corrected chi connectivity index (χ0v) is 21.3. The maximum Gasteiger partial charge on any atom is 0.344 e. The number of aliphatic carboxylic acids is 1. The van der Waals surface area contributed by atoms with Crippen molar-refractivity contribution in [2.24, 2.45) is 5.10 Å². The molecule has 10 heteroatoms. The minimum atomic E-state index is -1.14. The number of rotatable bonds is 7. The monoisotopic (exact) mass is 561 g/mol. The van der Waals surface area contributed by atoms with Crippen molar-refractivity contribution < 1.29 is 23.8 Å². The lowest BCUT2D eigenvalue weighted by Gasteiger charge is -2.16. The molecular weight excluding hydrogens is 542 g/mol. The van der Waals surface area contributed by atoms with E-state index in [9.17, 15) is 14.7 Å². The largest absolute Gasteiger partial charge is 0.493 e. The molecule has 1 N–H and O–H groups in total. The Bertz CT molecular complexity index is 1740. The molecule has 0 radical (unpaired) electrons. The first-order valence-electron chi connectivity index (χ1n) is 11.2. The molecule has 0 fully saturated rings. The molecule has 0 unspecified atom stereocenters. The van der Waals surface area contributed by atoms with E-state index < -0.39 is 17.6 Å². The number of nitrogens with zero attached hydrogens (tertiary/aromatic N) is 3. The van der Waals surface area contributed by atoms with E-state index in [1.807, 2.05) is 18.2 Å². The Morgan fingerprint density at radius 2 is 1.97 bits per heavy atom. The minimum Gasteiger partial charge on any atom is -0.493 e. The number of fused-ring (bicyclic) bond motifs is 2. The van der Waals surface area contributed by atoms with E-state index in [1.165, 1.54) is 20.2 Å². The Hall–Kier alpha value is -4.44. The first-order valence-corrected chi connectivity index (χ1v) is 12.0. The van der Waals surface area contributed by atoms with Crippen LogP contribution in [0.2, 0.25) is 0 Å². The van der Waals surface area contributed by atoms with Crippen LogP contribution < -0.4 is 15.0 Å². The summed E-state index contributed by atoms with van der Waals surface area (Å²) >= 11 is 3.46. The summed E-state index contributed by atoms with van der Waals surface area (Å²) in [4.78, 5) is 29.6. The Morgan fingerprint density at radius 1 is 1.16 bits per heavy atom. The number of aromatic nitrogens is 2. The van der Waals surface area contributed by atoms with Crippen molar-refractivity contribution in [2.75, 3.05) is 7.11 Å². The van der Waals surface area contributed by atoms with Crippen molar-refractivity contribution in [2.45, 2.75) is 13.0 Å². The fourth-order valence-corrected chi connectivity index (χ4v) is 4.16. The van der Waals surface area contributed by atoms with Gasteiger partial charge in [-0.05, 0) is 55.5 Å². The number of halogens is 1. The molecule has 186 valence electrons. The molecule has 2 heterocycles. The molecule has 3 aromatic carbocycles. The summed E-state index contributed by atoms with van der Waals surface area (Å²) < 4.78 is 19.1. The van der Waals surface area contributed by atoms with Gasteiger partial charge < -0.3 is 19.0 Å². The fraction of sp³-hybridized carbons (Fsp3) is 0.111. The minimum absolute atomic E-state index is 0.181. The molecule has 0 saturated heterocycles. The van der Waals surface area contributed by atoms with Crippen molar-refractivity contribution in [1.29, 1.82) is 0 Å². The van der Waals surface area contributed by atoms with E-state index in [-0.39, 0.29) is 11.6 Å². The van der Waals surface area contributed by atoms with E-state index in [0.29, 0.717) is 33.6 Å². The summed E-state index contributed by atoms with van der Waals surface area (Å²) in [5, 5.41) is 15.0. The third kappa shape index (κ3) is 4.70. The fourth-order valence-electron chi connectivity index (χ4n) is 3.78. The molecule has 1 atom stereocenters. The number of carboxylic acid groups (broad SMARTS) is 1. The zero-order chi connectivity index (χ0) is 26.1. The predicted octanol–water partition coefficient (Wildman–Crippen LogP) is 5.31. The van der Waals surface area contributed by atoms with Crippen LogP contribution in [0.25, 0.3) is 33.5 Å². The number of ether oxygens (including phenoxy) is 2. The Kier molecular flexibility index (Phi) is 6.49. The van der Waals surface area contributed by atoms with Crippen LogP contribution in [-0.2, 0) is 4.79 Å². The molecule has 5 rings (SSSR count). The maximum atomic E-state index is 13.5. The second-order valence-electron chi connectivity index (χ2n) is 8.08. The van der Waals surface area contributed by atoms with Crippen LogP contribution in [0.15, 0.2) is 85.5 Å². The summed E-state index contributed by atoms with van der Waals surface area (Å²) in [7, 11) is 1.45. The van der Waals surface area contributed by atoms with Gasteiger partial charge in [-0.25, -0.2) is 9.78 Å². The molecule has 0 aliphatic rings. The van der Waals surface area contributed by atoms with Gasteiger partial charge in [0.05, 0.1) is 24.2 Å². The lowest BCUT2D eigenvalue weighted by atomic mass is 10.2. The lowest BCUT2D eigenvalue weighted by molar-refractivity contribution is -0.144. The van der Waals surface area contributed by atoms with Crippen LogP contribution in [0.5, 0.6) is 11.5 Å². The number of para-hydroxylation sites is 2. The molecule has 0 saturated carbocycles. The van der Waals surface area contributed by atoms with Gasteiger partial charge in [-0.1, -0.05) is 34.1 Å². The highest BCUT2D eigenvalue weighted by Crippen LogP contribution is 2.32. The average Bonchev–Trinajstić information content (AvgIpc) is 3.31. The Labute approximate surface area is 218 Å². The number of carboxylic acids is 1. The number of hydrogen-bond donors (Lipinski definition) is 1. The summed E-state index contributed by atoms with van der Waals surface area (Å²) in [5.41, 5.74) is 1.13. The predicted molar refractivity (Wildman–Crippen MR) is 143 cm³/mol. The van der Waals surface area contributed by atoms with E-state index in [1.54, 1.807) is 48.5 Å². The topological polar surface area (TPSA) is 116 Å². The molecular formula is C27H20BrN3O6. The van der Waals surface area contributed by atoms with Crippen molar-refractivity contribution in [1.82, 2.24) is 9.66 Å². The van der Waals surface area contributed by atoms with Crippen LogP contribution >= 0.6 is 15.9 Å². The molecule has 0 aliphatic heterocycles. The second kappa shape index (κ2) is 9.90. The summed E-state index contributed by atoms with van der Waals surface area (Å²) in [5.74, 6) is -0.0708. The van der Waals surface area contributed by atoms with Crippen molar-refractivity contribution in [3.05, 3.63) is 87.1 Å². The summed E-state index contributed by atoms with van der Waals surface area (Å²) in [6.07, 6.45) is 0.256. The quantitative estimate of drug-likeness (QED) is 0.267. The molecule has 37 heavy (non-hydrogen) atoms. The Balaban J connectivity index is 1.69. The first kappa shape index (κ1) is 24.3. The molecule has 5 aromatic rings. The van der Waals surface area contributed by atoms with E-state index >= 15 is 0 Å². The number of hydrogen-bond acceptors (Lipinski definition) is 7. The normalized spacial score (nSPS) is 12.3. The molecule has 0 spiro atoms. The molecule has 0 amide bonds. The lowest BCUT2D eigenvalue weighted by Crippen LogP contribution is -2.24. The van der Waals surface area contributed by atoms with Crippen LogP contribution in [0.4, 0.5) is 0 Å². The SMILES string of the molecule is COc1cccc(C=Nn2c(-c3cc4cc(Br)ccc4o3)nc3ccccc3c2=O)c1O[C@@H](C)C(=O)O. The van der Waals surface area contributed by atoms with E-state index in [2.05, 4.69) is 26.0 Å². The van der Waals surface area contributed by atoms with Gasteiger partial charge in [-0.2, -0.15) is 9.78 Å². The van der Waals surface area contributed by atoms with Gasteiger partial charge in [0, 0.05) is 15.4 Å². The third-order valence-corrected chi connectivity index (χ3v) is 6.13. The smallest absolute Gasteiger partial charge is 0.344 e. The van der Waals surface area contributed by atoms with E-state index in [0.717, 1.165) is 14.5 Å². The van der Waals surface area contributed by atoms with Crippen LogP contribution in [0.1, 0.15) is 12.5 Å². The number of methoxy groups -OCH3 is 1. The van der Waals surface area contributed by atoms with Gasteiger partial charge >= 0.3 is 5.97 Å².